The van der Waals surface area contributed by atoms with Gasteiger partial charge in [0.05, 0.1) is 5.56 Å². The summed E-state index contributed by atoms with van der Waals surface area (Å²) >= 11 is 3.19. The third-order valence-corrected chi connectivity index (χ3v) is 4.11. The van der Waals surface area contributed by atoms with Crippen LogP contribution >= 0.6 is 15.9 Å². The molecule has 0 aliphatic carbocycles. The number of benzene rings is 1. The van der Waals surface area contributed by atoms with E-state index >= 15 is 0 Å². The molecule has 1 saturated heterocycles. The Hall–Kier alpha value is -0.900. The van der Waals surface area contributed by atoms with Crippen LogP contribution in [0.5, 0.6) is 0 Å². The molecule has 0 saturated carbocycles. The lowest BCUT2D eigenvalue weighted by Gasteiger charge is -2.18. The van der Waals surface area contributed by atoms with E-state index in [1.54, 1.807) is 17.0 Å². The van der Waals surface area contributed by atoms with Crippen molar-refractivity contribution in [1.29, 1.82) is 0 Å². The van der Waals surface area contributed by atoms with Crippen LogP contribution in [-0.2, 0) is 0 Å². The first-order valence-corrected chi connectivity index (χ1v) is 7.02. The van der Waals surface area contributed by atoms with Crippen LogP contribution in [0.4, 0.5) is 4.39 Å². The molecule has 0 N–H and O–H groups in total. The van der Waals surface area contributed by atoms with Crippen molar-refractivity contribution in [3.8, 4) is 0 Å². The van der Waals surface area contributed by atoms with Crippen LogP contribution in [0.1, 0.15) is 30.6 Å². The van der Waals surface area contributed by atoms with Crippen molar-refractivity contribution in [3.05, 3.63) is 34.1 Å². The fourth-order valence-electron chi connectivity index (χ4n) is 2.35. The summed E-state index contributed by atoms with van der Waals surface area (Å²) in [7, 11) is 0. The molecule has 1 aliphatic rings. The van der Waals surface area contributed by atoms with E-state index in [2.05, 4.69) is 29.8 Å². The molecule has 1 aliphatic heterocycles. The van der Waals surface area contributed by atoms with Gasteiger partial charge in [0, 0.05) is 17.6 Å². The lowest BCUT2D eigenvalue weighted by Crippen LogP contribution is -2.30. The molecule has 1 unspecified atom stereocenters. The van der Waals surface area contributed by atoms with E-state index in [0.717, 1.165) is 19.5 Å². The molecule has 0 aromatic heterocycles. The first kappa shape index (κ1) is 13.5. The minimum absolute atomic E-state index is 0.169. The molecule has 0 spiro atoms. The minimum atomic E-state index is -0.456. The van der Waals surface area contributed by atoms with E-state index in [9.17, 15) is 9.18 Å². The van der Waals surface area contributed by atoms with Crippen molar-refractivity contribution < 1.29 is 9.18 Å². The predicted molar refractivity (Wildman–Crippen MR) is 72.9 cm³/mol. The van der Waals surface area contributed by atoms with Crippen LogP contribution in [0, 0.1) is 17.7 Å². The van der Waals surface area contributed by atoms with Crippen LogP contribution < -0.4 is 0 Å². The van der Waals surface area contributed by atoms with Gasteiger partial charge in [-0.05, 0) is 36.5 Å². The molecule has 0 bridgehead atoms. The predicted octanol–water partition coefficient (Wildman–Crippen LogP) is 3.71. The largest absolute Gasteiger partial charge is 0.338 e. The van der Waals surface area contributed by atoms with Crippen LogP contribution in [-0.4, -0.2) is 23.9 Å². The highest BCUT2D eigenvalue weighted by molar-refractivity contribution is 9.10. The second kappa shape index (κ2) is 5.39. The standard InChI is InChI=1S/C14H17BrFNO/c1-9(2)10-5-6-17(8-10)14(18)12-4-3-11(15)7-13(12)16/h3-4,7,9-10H,5-6,8H2,1-2H3. The summed E-state index contributed by atoms with van der Waals surface area (Å²) in [5, 5.41) is 0. The van der Waals surface area contributed by atoms with Crippen LogP contribution in [0.15, 0.2) is 22.7 Å². The third kappa shape index (κ3) is 2.74. The molecule has 2 rings (SSSR count). The van der Waals surface area contributed by atoms with Gasteiger partial charge in [-0.3, -0.25) is 4.79 Å². The lowest BCUT2D eigenvalue weighted by molar-refractivity contribution is 0.0779. The Kier molecular flexibility index (Phi) is 4.05. The highest BCUT2D eigenvalue weighted by Crippen LogP contribution is 2.26. The zero-order chi connectivity index (χ0) is 13.3. The van der Waals surface area contributed by atoms with Gasteiger partial charge in [0.25, 0.3) is 5.91 Å². The first-order chi connectivity index (χ1) is 8.49. The number of carbonyl (C=O) groups excluding carboxylic acids is 1. The van der Waals surface area contributed by atoms with Gasteiger partial charge < -0.3 is 4.90 Å². The van der Waals surface area contributed by atoms with E-state index in [1.807, 2.05) is 0 Å². The summed E-state index contributed by atoms with van der Waals surface area (Å²) in [6, 6.07) is 4.58. The Balaban J connectivity index is 2.13. The number of amides is 1. The van der Waals surface area contributed by atoms with Gasteiger partial charge in [0.1, 0.15) is 5.82 Å². The van der Waals surface area contributed by atoms with Crippen molar-refractivity contribution >= 4 is 21.8 Å². The molecule has 98 valence electrons. The van der Waals surface area contributed by atoms with Gasteiger partial charge in [0.2, 0.25) is 0 Å². The molecule has 1 heterocycles. The van der Waals surface area contributed by atoms with Crippen molar-refractivity contribution in [2.75, 3.05) is 13.1 Å². The van der Waals surface area contributed by atoms with E-state index in [-0.39, 0.29) is 11.5 Å². The van der Waals surface area contributed by atoms with Crippen LogP contribution in [0.2, 0.25) is 0 Å². The van der Waals surface area contributed by atoms with Gasteiger partial charge in [-0.1, -0.05) is 29.8 Å². The van der Waals surface area contributed by atoms with E-state index < -0.39 is 5.82 Å². The second-order valence-corrected chi connectivity index (χ2v) is 6.08. The number of rotatable bonds is 2. The molecule has 1 atom stereocenters. The molecular weight excluding hydrogens is 297 g/mol. The molecule has 1 aromatic rings. The van der Waals surface area contributed by atoms with Crippen molar-refractivity contribution in [2.45, 2.75) is 20.3 Å². The van der Waals surface area contributed by atoms with Gasteiger partial charge >= 0.3 is 0 Å². The van der Waals surface area contributed by atoms with E-state index in [0.29, 0.717) is 16.3 Å². The molecule has 1 fully saturated rings. The topological polar surface area (TPSA) is 20.3 Å². The second-order valence-electron chi connectivity index (χ2n) is 5.17. The lowest BCUT2D eigenvalue weighted by atomic mass is 9.95. The van der Waals surface area contributed by atoms with Crippen molar-refractivity contribution in [2.24, 2.45) is 11.8 Å². The van der Waals surface area contributed by atoms with Gasteiger partial charge in [-0.15, -0.1) is 0 Å². The SMILES string of the molecule is CC(C)C1CCN(C(=O)c2ccc(Br)cc2F)C1. The Morgan fingerprint density at radius 2 is 2.22 bits per heavy atom. The van der Waals surface area contributed by atoms with Crippen LogP contribution in [0.25, 0.3) is 0 Å². The number of carbonyl (C=O) groups is 1. The molecule has 18 heavy (non-hydrogen) atoms. The maximum Gasteiger partial charge on any atom is 0.256 e. The van der Waals surface area contributed by atoms with Gasteiger partial charge in [-0.25, -0.2) is 4.39 Å². The Morgan fingerprint density at radius 3 is 2.78 bits per heavy atom. The average Bonchev–Trinajstić information content (AvgIpc) is 2.77. The first-order valence-electron chi connectivity index (χ1n) is 6.23. The van der Waals surface area contributed by atoms with Crippen molar-refractivity contribution in [1.82, 2.24) is 4.90 Å². The zero-order valence-electron chi connectivity index (χ0n) is 10.6. The number of likely N-dealkylation sites (tertiary alicyclic amines) is 1. The highest BCUT2D eigenvalue weighted by Gasteiger charge is 2.29. The summed E-state index contributed by atoms with van der Waals surface area (Å²) in [5.74, 6) is 0.454. The molecule has 1 aromatic carbocycles. The summed E-state index contributed by atoms with van der Waals surface area (Å²) < 4.78 is 14.4. The number of nitrogens with zero attached hydrogens (tertiary/aromatic N) is 1. The summed E-state index contributed by atoms with van der Waals surface area (Å²) in [6.07, 6.45) is 1.02. The number of hydrogen-bond acceptors (Lipinski definition) is 1. The molecule has 0 radical (unpaired) electrons. The third-order valence-electron chi connectivity index (χ3n) is 3.62. The Labute approximate surface area is 115 Å². The summed E-state index contributed by atoms with van der Waals surface area (Å²) in [5.41, 5.74) is 0.169. The van der Waals surface area contributed by atoms with E-state index in [1.165, 1.54) is 6.07 Å². The van der Waals surface area contributed by atoms with E-state index in [4.69, 9.17) is 0 Å². The number of halogens is 2. The Morgan fingerprint density at radius 1 is 1.50 bits per heavy atom. The molecule has 1 amide bonds. The Bertz CT molecular complexity index is 461. The summed E-state index contributed by atoms with van der Waals surface area (Å²) in [6.45, 7) is 5.81. The summed E-state index contributed by atoms with van der Waals surface area (Å²) in [4.78, 5) is 14.0. The number of hydrogen-bond donors (Lipinski definition) is 0. The molecule has 4 heteroatoms. The monoisotopic (exact) mass is 313 g/mol. The molecular formula is C14H17BrFNO. The average molecular weight is 314 g/mol. The fraction of sp³-hybridized carbons (Fsp3) is 0.500. The smallest absolute Gasteiger partial charge is 0.256 e. The highest BCUT2D eigenvalue weighted by atomic mass is 79.9. The van der Waals surface area contributed by atoms with Gasteiger partial charge in [0.15, 0.2) is 0 Å². The minimum Gasteiger partial charge on any atom is -0.338 e. The maximum atomic E-state index is 13.7. The molecule has 2 nitrogen and oxygen atoms in total. The van der Waals surface area contributed by atoms with Crippen LogP contribution in [0.3, 0.4) is 0 Å². The van der Waals surface area contributed by atoms with Crippen molar-refractivity contribution in [3.63, 3.8) is 0 Å². The quantitative estimate of drug-likeness (QED) is 0.815. The fourth-order valence-corrected chi connectivity index (χ4v) is 2.68. The zero-order valence-corrected chi connectivity index (χ0v) is 12.2. The normalized spacial score (nSPS) is 19.6. The maximum absolute atomic E-state index is 13.7. The van der Waals surface area contributed by atoms with Gasteiger partial charge in [-0.2, -0.15) is 0 Å².